The second kappa shape index (κ2) is 12.3. The fourth-order valence-electron chi connectivity index (χ4n) is 6.18. The van der Waals surface area contributed by atoms with Crippen LogP contribution in [0.2, 0.25) is 0 Å². The molecule has 3 aromatic rings. The Morgan fingerprint density at radius 3 is 2.57 bits per heavy atom. The number of hydrogen-bond donors (Lipinski definition) is 2. The second-order valence-corrected chi connectivity index (χ2v) is 11.2. The molecular formula is C30H35N7O7. The van der Waals surface area contributed by atoms with E-state index in [0.29, 0.717) is 49.1 Å². The van der Waals surface area contributed by atoms with E-state index in [1.165, 1.54) is 6.33 Å². The minimum Gasteiger partial charge on any atom is -0.456 e. The van der Waals surface area contributed by atoms with Crippen LogP contribution in [0.25, 0.3) is 11.2 Å². The molecule has 5 heterocycles. The Morgan fingerprint density at radius 2 is 1.84 bits per heavy atom. The molecule has 1 unspecified atom stereocenters. The Bertz CT molecular complexity index is 1560. The summed E-state index contributed by atoms with van der Waals surface area (Å²) in [5.74, 6) is -0.827. The lowest BCUT2D eigenvalue weighted by atomic mass is 9.95. The third-order valence-corrected chi connectivity index (χ3v) is 8.74. The number of nitrogens with zero attached hydrogens (tertiary/aromatic N) is 5. The molecule has 0 saturated carbocycles. The van der Waals surface area contributed by atoms with Crippen LogP contribution in [-0.4, -0.2) is 92.7 Å². The number of fused-ring (bicyclic) bond motifs is 3. The van der Waals surface area contributed by atoms with E-state index in [-0.39, 0.29) is 48.9 Å². The van der Waals surface area contributed by atoms with Gasteiger partial charge in [0.15, 0.2) is 29.3 Å². The molecule has 3 amide bonds. The number of esters is 1. The van der Waals surface area contributed by atoms with Crippen molar-refractivity contribution in [2.75, 3.05) is 32.1 Å². The van der Waals surface area contributed by atoms with Crippen LogP contribution in [0.3, 0.4) is 0 Å². The lowest BCUT2D eigenvalue weighted by molar-refractivity contribution is -0.176. The quantitative estimate of drug-likeness (QED) is 0.344. The highest BCUT2D eigenvalue weighted by atomic mass is 16.7. The smallest absolute Gasteiger partial charge is 0.306 e. The predicted molar refractivity (Wildman–Crippen MR) is 155 cm³/mol. The van der Waals surface area contributed by atoms with E-state index < -0.39 is 30.0 Å². The summed E-state index contributed by atoms with van der Waals surface area (Å²) in [5.41, 5.74) is 0.405. The van der Waals surface area contributed by atoms with Gasteiger partial charge in [-0.05, 0) is 31.4 Å². The molecule has 2 bridgehead atoms. The van der Waals surface area contributed by atoms with Gasteiger partial charge in [-0.25, -0.2) is 15.0 Å². The minimum atomic E-state index is -0.870. The Labute approximate surface area is 253 Å². The van der Waals surface area contributed by atoms with Crippen molar-refractivity contribution in [2.24, 2.45) is 5.92 Å². The van der Waals surface area contributed by atoms with Gasteiger partial charge in [0.2, 0.25) is 11.8 Å². The number of nitrogens with one attached hydrogen (secondary N) is 2. The zero-order valence-corrected chi connectivity index (χ0v) is 24.6. The van der Waals surface area contributed by atoms with Crippen LogP contribution in [0.5, 0.6) is 0 Å². The topological polar surface area (TPSA) is 167 Å². The third-order valence-electron chi connectivity index (χ3n) is 8.74. The van der Waals surface area contributed by atoms with E-state index >= 15 is 0 Å². The van der Waals surface area contributed by atoms with Crippen LogP contribution in [0.15, 0.2) is 43.0 Å². The van der Waals surface area contributed by atoms with Crippen molar-refractivity contribution in [2.45, 2.75) is 63.1 Å². The fourth-order valence-corrected chi connectivity index (χ4v) is 6.18. The third kappa shape index (κ3) is 5.50. The summed E-state index contributed by atoms with van der Waals surface area (Å²) < 4.78 is 20.2. The van der Waals surface area contributed by atoms with E-state index in [0.717, 1.165) is 0 Å². The maximum Gasteiger partial charge on any atom is 0.306 e. The largest absolute Gasteiger partial charge is 0.456 e. The molecule has 6 rings (SSSR count). The first-order chi connectivity index (χ1) is 21.3. The van der Waals surface area contributed by atoms with Gasteiger partial charge in [-0.1, -0.05) is 25.1 Å². The number of imidazole rings is 1. The summed E-state index contributed by atoms with van der Waals surface area (Å²) in [6, 6.07) is 8.77. The average molecular weight is 606 g/mol. The highest BCUT2D eigenvalue weighted by molar-refractivity contribution is 6.06. The van der Waals surface area contributed by atoms with Gasteiger partial charge in [-0.2, -0.15) is 0 Å². The van der Waals surface area contributed by atoms with Crippen LogP contribution < -0.4 is 10.6 Å². The number of likely N-dealkylation sites (tertiary alicyclic amines) is 1. The molecule has 2 aromatic heterocycles. The minimum absolute atomic E-state index is 0.00845. The van der Waals surface area contributed by atoms with E-state index in [2.05, 4.69) is 25.6 Å². The average Bonchev–Trinajstić information content (AvgIpc) is 3.74. The number of carbonyl (C=O) groups is 4. The monoisotopic (exact) mass is 605 g/mol. The van der Waals surface area contributed by atoms with Crippen molar-refractivity contribution in [3.8, 4) is 0 Å². The highest BCUT2D eigenvalue weighted by Crippen LogP contribution is 2.49. The number of anilines is 1. The Morgan fingerprint density at radius 1 is 1.07 bits per heavy atom. The summed E-state index contributed by atoms with van der Waals surface area (Å²) in [5, 5.41) is 5.45. The molecule has 0 aliphatic carbocycles. The van der Waals surface area contributed by atoms with Gasteiger partial charge in [0.25, 0.3) is 5.91 Å². The van der Waals surface area contributed by atoms with E-state index in [1.807, 2.05) is 13.0 Å². The van der Waals surface area contributed by atoms with Gasteiger partial charge in [0.1, 0.15) is 18.0 Å². The summed E-state index contributed by atoms with van der Waals surface area (Å²) in [6.45, 7) is 3.16. The molecule has 14 nitrogen and oxygen atoms in total. The Kier molecular flexibility index (Phi) is 8.27. The van der Waals surface area contributed by atoms with Gasteiger partial charge < -0.3 is 29.7 Å². The number of hydrogen-bond acceptors (Lipinski definition) is 10. The van der Waals surface area contributed by atoms with Crippen LogP contribution in [-0.2, 0) is 28.6 Å². The van der Waals surface area contributed by atoms with Crippen molar-refractivity contribution >= 4 is 40.7 Å². The molecule has 1 aromatic carbocycles. The van der Waals surface area contributed by atoms with Gasteiger partial charge in [0, 0.05) is 38.0 Å². The van der Waals surface area contributed by atoms with Crippen molar-refractivity contribution in [1.82, 2.24) is 29.7 Å². The standard InChI is InChI=1S/C30H35N7O7/c1-3-30-15-42-23(24(30)43-21(39)10-9-20(38)36-13-11-19(12-14-36)27(40)31-2)29(44-30)37-17-34-22-25(32-16-33-26(22)37)35-28(41)18-7-5-4-6-8-18/h4-8,16-17,19,23-24,29H,3,9-15H2,1-2H3,(H,31,40)(H,32,33,35,41)/t23?,24-,29-,30+/m1/s1. The number of carbonyl (C=O) groups excluding carboxylic acids is 4. The first-order valence-corrected chi connectivity index (χ1v) is 14.9. The first kappa shape index (κ1) is 29.6. The maximum absolute atomic E-state index is 13.0. The Balaban J connectivity index is 1.11. The molecule has 2 N–H and O–H groups in total. The van der Waals surface area contributed by atoms with E-state index in [4.69, 9.17) is 14.2 Å². The predicted octanol–water partition coefficient (Wildman–Crippen LogP) is 1.83. The number of rotatable bonds is 9. The fraction of sp³-hybridized carbons (Fsp3) is 0.500. The molecule has 232 valence electrons. The first-order valence-electron chi connectivity index (χ1n) is 14.9. The molecule has 4 atom stereocenters. The van der Waals surface area contributed by atoms with Crippen LogP contribution in [0.1, 0.15) is 55.6 Å². The summed E-state index contributed by atoms with van der Waals surface area (Å²) >= 11 is 0. The van der Waals surface area contributed by atoms with Crippen molar-refractivity contribution in [1.29, 1.82) is 0 Å². The molecule has 3 fully saturated rings. The highest BCUT2D eigenvalue weighted by Gasteiger charge is 2.63. The zero-order chi connectivity index (χ0) is 30.8. The van der Waals surface area contributed by atoms with Gasteiger partial charge in [-0.3, -0.25) is 23.7 Å². The molecular weight excluding hydrogens is 570 g/mol. The number of aromatic nitrogens is 4. The Hall–Kier alpha value is -4.43. The summed E-state index contributed by atoms with van der Waals surface area (Å²) in [7, 11) is 1.61. The number of benzene rings is 1. The lowest BCUT2D eigenvalue weighted by Gasteiger charge is -2.31. The SMILES string of the molecule is CC[C@@]12COC([C@H](n3cnc4c(NC(=O)c5ccccc5)ncnc43)O1)[C@H]2OC(=O)CCC(=O)N1CCC(C(=O)NC)CC1. The van der Waals surface area contributed by atoms with Crippen molar-refractivity contribution in [3.05, 3.63) is 48.5 Å². The van der Waals surface area contributed by atoms with Crippen LogP contribution in [0.4, 0.5) is 5.82 Å². The number of ether oxygens (including phenoxy) is 3. The van der Waals surface area contributed by atoms with Gasteiger partial charge in [0.05, 0.1) is 19.4 Å². The molecule has 0 radical (unpaired) electrons. The number of piperidine rings is 1. The van der Waals surface area contributed by atoms with Crippen LogP contribution >= 0.6 is 0 Å². The normalized spacial score (nSPS) is 24.8. The summed E-state index contributed by atoms with van der Waals surface area (Å²) in [4.78, 5) is 65.1. The summed E-state index contributed by atoms with van der Waals surface area (Å²) in [6.07, 6.45) is 2.53. The molecule has 3 aliphatic rings. The molecule has 44 heavy (non-hydrogen) atoms. The van der Waals surface area contributed by atoms with Crippen LogP contribution in [0, 0.1) is 5.92 Å². The van der Waals surface area contributed by atoms with Gasteiger partial charge in [-0.15, -0.1) is 0 Å². The molecule has 14 heteroatoms. The van der Waals surface area contributed by atoms with Crippen molar-refractivity contribution in [3.63, 3.8) is 0 Å². The maximum atomic E-state index is 13.0. The molecule has 3 saturated heterocycles. The van der Waals surface area contributed by atoms with E-state index in [9.17, 15) is 19.2 Å². The zero-order valence-electron chi connectivity index (χ0n) is 24.6. The lowest BCUT2D eigenvalue weighted by Crippen LogP contribution is -2.43. The molecule has 3 aliphatic heterocycles. The number of amides is 3. The van der Waals surface area contributed by atoms with Gasteiger partial charge >= 0.3 is 5.97 Å². The second-order valence-electron chi connectivity index (χ2n) is 11.2. The van der Waals surface area contributed by atoms with E-state index in [1.54, 1.807) is 47.1 Å². The van der Waals surface area contributed by atoms with Crippen molar-refractivity contribution < 1.29 is 33.4 Å². The molecule has 0 spiro atoms.